The van der Waals surface area contributed by atoms with E-state index < -0.39 is 5.97 Å². The molecule has 0 radical (unpaired) electrons. The van der Waals surface area contributed by atoms with Crippen LogP contribution in [0.1, 0.15) is 37.0 Å². The van der Waals surface area contributed by atoms with Crippen molar-refractivity contribution in [1.82, 2.24) is 5.32 Å². The van der Waals surface area contributed by atoms with Gasteiger partial charge in [0.05, 0.1) is 12.7 Å². The van der Waals surface area contributed by atoms with E-state index in [0.717, 1.165) is 13.0 Å². The number of esters is 1. The van der Waals surface area contributed by atoms with Gasteiger partial charge in [0.15, 0.2) is 0 Å². The van der Waals surface area contributed by atoms with E-state index in [1.165, 1.54) is 7.11 Å². The molecule has 0 heterocycles. The molecule has 1 rings (SSSR count). The van der Waals surface area contributed by atoms with Crippen LogP contribution in [0.3, 0.4) is 0 Å². The van der Waals surface area contributed by atoms with Crippen LogP contribution in [0, 0.1) is 0 Å². The third kappa shape index (κ3) is 5.84. The lowest BCUT2D eigenvalue weighted by atomic mass is 10.2. The highest BCUT2D eigenvalue weighted by Gasteiger charge is 2.07. The molecule has 0 bridgehead atoms. The van der Waals surface area contributed by atoms with Gasteiger partial charge in [-0.1, -0.05) is 19.9 Å². The van der Waals surface area contributed by atoms with Crippen LogP contribution in [-0.2, 0) is 9.53 Å². The molecule has 0 aromatic heterocycles. The molecule has 0 unspecified atom stereocenters. The van der Waals surface area contributed by atoms with Crippen molar-refractivity contribution < 1.29 is 14.3 Å². The molecule has 1 amide bonds. The van der Waals surface area contributed by atoms with Crippen LogP contribution >= 0.6 is 0 Å². The first-order valence-electron chi connectivity index (χ1n) is 6.74. The lowest BCUT2D eigenvalue weighted by Gasteiger charge is -2.09. The van der Waals surface area contributed by atoms with Crippen LogP contribution in [-0.4, -0.2) is 31.6 Å². The van der Waals surface area contributed by atoms with E-state index in [2.05, 4.69) is 29.2 Å². The highest BCUT2D eigenvalue weighted by Crippen LogP contribution is 2.12. The van der Waals surface area contributed by atoms with E-state index in [1.807, 2.05) is 0 Å². The molecular formula is C15H22N2O3. The highest BCUT2D eigenvalue weighted by molar-refractivity contribution is 5.94. The summed E-state index contributed by atoms with van der Waals surface area (Å²) in [5.74, 6) is -0.472. The second-order valence-corrected chi connectivity index (χ2v) is 4.83. The molecule has 1 aromatic rings. The number of amides is 1. The largest absolute Gasteiger partial charge is 0.465 e. The molecule has 0 aliphatic heterocycles. The molecular weight excluding hydrogens is 256 g/mol. The fourth-order valence-corrected chi connectivity index (χ4v) is 1.70. The molecule has 5 heteroatoms. The number of carbonyl (C=O) groups is 2. The van der Waals surface area contributed by atoms with E-state index in [9.17, 15) is 9.59 Å². The fraction of sp³-hybridized carbons (Fsp3) is 0.467. The lowest BCUT2D eigenvalue weighted by Crippen LogP contribution is -2.24. The Kier molecular flexibility index (Phi) is 6.73. The van der Waals surface area contributed by atoms with Crippen molar-refractivity contribution >= 4 is 17.6 Å². The predicted molar refractivity (Wildman–Crippen MR) is 78.8 cm³/mol. The van der Waals surface area contributed by atoms with Crippen molar-refractivity contribution in [3.05, 3.63) is 29.8 Å². The van der Waals surface area contributed by atoms with Gasteiger partial charge in [0.2, 0.25) is 5.91 Å². The molecule has 0 aliphatic carbocycles. The zero-order valence-corrected chi connectivity index (χ0v) is 12.2. The molecule has 20 heavy (non-hydrogen) atoms. The Morgan fingerprint density at radius 2 is 2.05 bits per heavy atom. The normalized spacial score (nSPS) is 10.4. The second kappa shape index (κ2) is 8.32. The standard InChI is InChI=1S/C15H22N2O3/c1-11(2)16-9-5-8-14(18)17-13-7-4-6-12(10-13)15(19)20-3/h4,6-7,10-11,16H,5,8-9H2,1-3H3,(H,17,18). The van der Waals surface area contributed by atoms with Gasteiger partial charge in [-0.25, -0.2) is 4.79 Å². The SMILES string of the molecule is COC(=O)c1cccc(NC(=O)CCCNC(C)C)c1. The molecule has 0 atom stereocenters. The van der Waals surface area contributed by atoms with Gasteiger partial charge in [-0.15, -0.1) is 0 Å². The zero-order chi connectivity index (χ0) is 15.0. The number of hydrogen-bond acceptors (Lipinski definition) is 4. The Labute approximate surface area is 119 Å². The van der Waals surface area contributed by atoms with Crippen molar-refractivity contribution in [3.63, 3.8) is 0 Å². The summed E-state index contributed by atoms with van der Waals surface area (Å²) in [7, 11) is 1.33. The molecule has 0 spiro atoms. The first-order valence-corrected chi connectivity index (χ1v) is 6.74. The van der Waals surface area contributed by atoms with E-state index in [1.54, 1.807) is 24.3 Å². The molecule has 0 fully saturated rings. The maximum atomic E-state index is 11.8. The quantitative estimate of drug-likeness (QED) is 0.592. The van der Waals surface area contributed by atoms with Crippen molar-refractivity contribution in [1.29, 1.82) is 0 Å². The minimum absolute atomic E-state index is 0.0578. The summed E-state index contributed by atoms with van der Waals surface area (Å²) in [6, 6.07) is 7.14. The van der Waals surface area contributed by atoms with E-state index in [-0.39, 0.29) is 5.91 Å². The Morgan fingerprint density at radius 1 is 1.30 bits per heavy atom. The zero-order valence-electron chi connectivity index (χ0n) is 12.2. The van der Waals surface area contributed by atoms with Gasteiger partial charge in [-0.05, 0) is 31.2 Å². The van der Waals surface area contributed by atoms with Gasteiger partial charge in [0.25, 0.3) is 0 Å². The van der Waals surface area contributed by atoms with E-state index in [0.29, 0.717) is 23.7 Å². The average molecular weight is 278 g/mol. The number of ether oxygens (including phenoxy) is 1. The van der Waals surface area contributed by atoms with Gasteiger partial charge in [-0.2, -0.15) is 0 Å². The van der Waals surface area contributed by atoms with Crippen LogP contribution in [0.2, 0.25) is 0 Å². The Morgan fingerprint density at radius 3 is 2.70 bits per heavy atom. The number of benzene rings is 1. The number of rotatable bonds is 7. The van der Waals surface area contributed by atoms with Crippen molar-refractivity contribution in [3.8, 4) is 0 Å². The Balaban J connectivity index is 2.43. The number of carbonyl (C=O) groups excluding carboxylic acids is 2. The summed E-state index contributed by atoms with van der Waals surface area (Å²) in [4.78, 5) is 23.1. The molecule has 0 saturated carbocycles. The molecule has 1 aromatic carbocycles. The third-order valence-corrected chi connectivity index (χ3v) is 2.70. The molecule has 5 nitrogen and oxygen atoms in total. The third-order valence-electron chi connectivity index (χ3n) is 2.70. The summed E-state index contributed by atoms with van der Waals surface area (Å²) in [6.45, 7) is 4.95. The van der Waals surface area contributed by atoms with E-state index in [4.69, 9.17) is 0 Å². The Hall–Kier alpha value is -1.88. The topological polar surface area (TPSA) is 67.4 Å². The van der Waals surface area contributed by atoms with Crippen LogP contribution in [0.15, 0.2) is 24.3 Å². The van der Waals surface area contributed by atoms with Crippen molar-refractivity contribution in [2.75, 3.05) is 19.0 Å². The predicted octanol–water partition coefficient (Wildman–Crippen LogP) is 2.19. The average Bonchev–Trinajstić information content (AvgIpc) is 2.43. The van der Waals surface area contributed by atoms with Crippen molar-refractivity contribution in [2.24, 2.45) is 0 Å². The summed E-state index contributed by atoms with van der Waals surface area (Å²) < 4.78 is 4.64. The van der Waals surface area contributed by atoms with Gasteiger partial charge in [0.1, 0.15) is 0 Å². The maximum Gasteiger partial charge on any atom is 0.337 e. The summed E-state index contributed by atoms with van der Waals surface area (Å²) in [6.07, 6.45) is 1.23. The van der Waals surface area contributed by atoms with E-state index >= 15 is 0 Å². The molecule has 0 aliphatic rings. The molecule has 110 valence electrons. The van der Waals surface area contributed by atoms with Crippen molar-refractivity contribution in [2.45, 2.75) is 32.7 Å². The second-order valence-electron chi connectivity index (χ2n) is 4.83. The minimum atomic E-state index is -0.415. The van der Waals surface area contributed by atoms with Gasteiger partial charge >= 0.3 is 5.97 Å². The van der Waals surface area contributed by atoms with Gasteiger partial charge in [-0.3, -0.25) is 4.79 Å². The molecule has 2 N–H and O–H groups in total. The fourth-order valence-electron chi connectivity index (χ4n) is 1.70. The first-order chi connectivity index (χ1) is 9.52. The number of nitrogens with one attached hydrogen (secondary N) is 2. The van der Waals surface area contributed by atoms with Crippen LogP contribution in [0.25, 0.3) is 0 Å². The molecule has 0 saturated heterocycles. The van der Waals surface area contributed by atoms with Crippen LogP contribution in [0.4, 0.5) is 5.69 Å². The Bertz CT molecular complexity index is 458. The van der Waals surface area contributed by atoms with Crippen LogP contribution in [0.5, 0.6) is 0 Å². The van der Waals surface area contributed by atoms with Gasteiger partial charge in [0, 0.05) is 18.2 Å². The lowest BCUT2D eigenvalue weighted by molar-refractivity contribution is -0.116. The summed E-state index contributed by atoms with van der Waals surface area (Å²) in [5, 5.41) is 6.03. The van der Waals surface area contributed by atoms with Crippen LogP contribution < -0.4 is 10.6 Å². The number of anilines is 1. The number of hydrogen-bond donors (Lipinski definition) is 2. The first kappa shape index (κ1) is 16.2. The summed E-state index contributed by atoms with van der Waals surface area (Å²) in [5.41, 5.74) is 1.03. The smallest absolute Gasteiger partial charge is 0.337 e. The van der Waals surface area contributed by atoms with Gasteiger partial charge < -0.3 is 15.4 Å². The summed E-state index contributed by atoms with van der Waals surface area (Å²) >= 11 is 0. The maximum absolute atomic E-state index is 11.8. The monoisotopic (exact) mass is 278 g/mol. The minimum Gasteiger partial charge on any atom is -0.465 e. The highest BCUT2D eigenvalue weighted by atomic mass is 16.5. The number of methoxy groups -OCH3 is 1.